The van der Waals surface area contributed by atoms with E-state index in [0.717, 1.165) is 7.11 Å². The van der Waals surface area contributed by atoms with Crippen LogP contribution < -0.4 is 0 Å². The summed E-state index contributed by atoms with van der Waals surface area (Å²) in [6.07, 6.45) is -2.80. The molecule has 1 aromatic rings. The van der Waals surface area contributed by atoms with Crippen LogP contribution in [0.15, 0.2) is 6.07 Å². The molecule has 0 aliphatic carbocycles. The zero-order valence-electron chi connectivity index (χ0n) is 8.62. The van der Waals surface area contributed by atoms with Crippen LogP contribution in [0.5, 0.6) is 0 Å². The monoisotopic (exact) mass is 226 g/mol. The van der Waals surface area contributed by atoms with E-state index in [4.69, 9.17) is 5.26 Å². The Morgan fingerprint density at radius 2 is 2.25 bits per heavy atom. The van der Waals surface area contributed by atoms with Gasteiger partial charge in [-0.3, -0.25) is 0 Å². The molecule has 1 aromatic heterocycles. The van der Waals surface area contributed by atoms with Crippen molar-refractivity contribution in [2.75, 3.05) is 7.11 Å². The summed E-state index contributed by atoms with van der Waals surface area (Å²) in [5.41, 5.74) is -0.909. The molecule has 0 atom stereocenters. The number of esters is 1. The molecule has 84 valence electrons. The van der Waals surface area contributed by atoms with Gasteiger partial charge in [-0.15, -0.1) is 0 Å². The molecule has 0 bridgehead atoms. The molecular formula is C10H8F2N2O2. The van der Waals surface area contributed by atoms with Crippen LogP contribution in [0.4, 0.5) is 8.78 Å². The van der Waals surface area contributed by atoms with Crippen molar-refractivity contribution in [3.63, 3.8) is 0 Å². The Morgan fingerprint density at radius 1 is 1.62 bits per heavy atom. The van der Waals surface area contributed by atoms with Crippen LogP contribution in [0.25, 0.3) is 0 Å². The number of halogens is 2. The first-order chi connectivity index (χ1) is 7.51. The lowest BCUT2D eigenvalue weighted by Crippen LogP contribution is -2.09. The molecule has 16 heavy (non-hydrogen) atoms. The van der Waals surface area contributed by atoms with E-state index in [-0.39, 0.29) is 11.3 Å². The lowest BCUT2D eigenvalue weighted by atomic mass is 10.1. The van der Waals surface area contributed by atoms with Crippen LogP contribution in [0.2, 0.25) is 0 Å². The topological polar surface area (TPSA) is 63.0 Å². The highest BCUT2D eigenvalue weighted by Gasteiger charge is 2.20. The lowest BCUT2D eigenvalue weighted by molar-refractivity contribution is 0.0593. The number of carbonyl (C=O) groups excluding carboxylic acids is 1. The molecule has 0 saturated carbocycles. The average Bonchev–Trinajstić information content (AvgIpc) is 2.26. The zero-order valence-corrected chi connectivity index (χ0v) is 8.62. The van der Waals surface area contributed by atoms with E-state index in [2.05, 4.69) is 9.72 Å². The second-order valence-corrected chi connectivity index (χ2v) is 2.99. The Balaban J connectivity index is 3.39. The summed E-state index contributed by atoms with van der Waals surface area (Å²) in [6, 6.07) is 2.71. The second-order valence-electron chi connectivity index (χ2n) is 2.99. The molecule has 0 aliphatic rings. The molecule has 0 fully saturated rings. The molecule has 0 radical (unpaired) electrons. The van der Waals surface area contributed by atoms with Gasteiger partial charge in [0.1, 0.15) is 11.8 Å². The van der Waals surface area contributed by atoms with Crippen LogP contribution in [0.1, 0.15) is 33.7 Å². The first-order valence-corrected chi connectivity index (χ1v) is 4.29. The summed E-state index contributed by atoms with van der Waals surface area (Å²) in [5.74, 6) is -0.764. The van der Waals surface area contributed by atoms with Gasteiger partial charge in [-0.2, -0.15) is 5.26 Å². The van der Waals surface area contributed by atoms with Gasteiger partial charge in [-0.25, -0.2) is 18.6 Å². The summed E-state index contributed by atoms with van der Waals surface area (Å²) in [7, 11) is 1.15. The molecule has 4 nitrogen and oxygen atoms in total. The van der Waals surface area contributed by atoms with E-state index in [1.807, 2.05) is 0 Å². The summed E-state index contributed by atoms with van der Waals surface area (Å²) in [5, 5.41) is 8.67. The van der Waals surface area contributed by atoms with Gasteiger partial charge in [0.05, 0.1) is 12.7 Å². The summed E-state index contributed by atoms with van der Waals surface area (Å²) in [4.78, 5) is 14.7. The number of methoxy groups -OCH3 is 1. The third-order valence-electron chi connectivity index (χ3n) is 1.98. The number of nitriles is 1. The van der Waals surface area contributed by atoms with Gasteiger partial charge in [0.15, 0.2) is 5.69 Å². The third kappa shape index (κ3) is 2.14. The molecule has 0 saturated heterocycles. The fraction of sp³-hybridized carbons (Fsp3) is 0.300. The highest BCUT2D eigenvalue weighted by atomic mass is 19.3. The summed E-state index contributed by atoms with van der Waals surface area (Å²) in [6.45, 7) is 1.39. The number of aromatic nitrogens is 1. The fourth-order valence-electron chi connectivity index (χ4n) is 1.25. The molecule has 0 unspecified atom stereocenters. The smallest absolute Gasteiger partial charge is 0.356 e. The van der Waals surface area contributed by atoms with Gasteiger partial charge in [0.25, 0.3) is 6.43 Å². The number of hydrogen-bond donors (Lipinski definition) is 0. The predicted molar refractivity (Wildman–Crippen MR) is 50.0 cm³/mol. The SMILES string of the molecule is COC(=O)c1cc(C)c(C(F)F)c(C#N)n1. The normalized spacial score (nSPS) is 10.0. The van der Waals surface area contributed by atoms with Gasteiger partial charge < -0.3 is 4.74 Å². The predicted octanol–water partition coefficient (Wildman–Crippen LogP) is 1.99. The molecule has 0 spiro atoms. The first-order valence-electron chi connectivity index (χ1n) is 4.29. The number of pyridine rings is 1. The Hall–Kier alpha value is -2.03. The summed E-state index contributed by atoms with van der Waals surface area (Å²) < 4.78 is 29.6. The highest BCUT2D eigenvalue weighted by Crippen LogP contribution is 2.25. The molecule has 0 amide bonds. The molecule has 0 aliphatic heterocycles. The molecule has 1 rings (SSSR count). The lowest BCUT2D eigenvalue weighted by Gasteiger charge is -2.08. The van der Waals surface area contributed by atoms with Gasteiger partial charge in [0.2, 0.25) is 0 Å². The van der Waals surface area contributed by atoms with Crippen molar-refractivity contribution >= 4 is 5.97 Å². The quantitative estimate of drug-likeness (QED) is 0.723. The van der Waals surface area contributed by atoms with Gasteiger partial charge in [-0.1, -0.05) is 0 Å². The van der Waals surface area contributed by atoms with Gasteiger partial charge >= 0.3 is 5.97 Å². The van der Waals surface area contributed by atoms with Crippen molar-refractivity contribution in [3.8, 4) is 6.07 Å². The van der Waals surface area contributed by atoms with Gasteiger partial charge in [-0.05, 0) is 18.6 Å². The number of aryl methyl sites for hydroxylation is 1. The second kappa shape index (κ2) is 4.66. The maximum Gasteiger partial charge on any atom is 0.356 e. The van der Waals surface area contributed by atoms with E-state index < -0.39 is 23.7 Å². The average molecular weight is 226 g/mol. The van der Waals surface area contributed by atoms with Crippen molar-refractivity contribution in [3.05, 3.63) is 28.6 Å². The van der Waals surface area contributed by atoms with Crippen LogP contribution in [-0.2, 0) is 4.74 Å². The van der Waals surface area contributed by atoms with Gasteiger partial charge in [0, 0.05) is 0 Å². The van der Waals surface area contributed by atoms with Crippen molar-refractivity contribution in [2.24, 2.45) is 0 Å². The standard InChI is InChI=1S/C10H8F2N2O2/c1-5-3-6(10(15)16-2)14-7(4-13)8(5)9(11)12/h3,9H,1-2H3. The Morgan fingerprint density at radius 3 is 2.69 bits per heavy atom. The third-order valence-corrected chi connectivity index (χ3v) is 1.98. The number of alkyl halides is 2. The van der Waals surface area contributed by atoms with Crippen molar-refractivity contribution in [1.29, 1.82) is 5.26 Å². The maximum atomic E-state index is 12.6. The zero-order chi connectivity index (χ0) is 12.3. The molecular weight excluding hydrogens is 218 g/mol. The van der Waals surface area contributed by atoms with Crippen LogP contribution in [0, 0.1) is 18.3 Å². The number of ether oxygens (including phenoxy) is 1. The fourth-order valence-corrected chi connectivity index (χ4v) is 1.25. The Labute approximate surface area is 90.5 Å². The minimum atomic E-state index is -2.80. The first kappa shape index (κ1) is 12.0. The van der Waals surface area contributed by atoms with Crippen LogP contribution >= 0.6 is 0 Å². The molecule has 0 N–H and O–H groups in total. The van der Waals surface area contributed by atoms with Crippen molar-refractivity contribution in [1.82, 2.24) is 4.98 Å². The van der Waals surface area contributed by atoms with E-state index in [9.17, 15) is 13.6 Å². The van der Waals surface area contributed by atoms with Crippen LogP contribution in [0.3, 0.4) is 0 Å². The van der Waals surface area contributed by atoms with E-state index in [1.54, 1.807) is 0 Å². The van der Waals surface area contributed by atoms with Crippen molar-refractivity contribution in [2.45, 2.75) is 13.3 Å². The van der Waals surface area contributed by atoms with E-state index in [1.165, 1.54) is 19.1 Å². The molecule has 1 heterocycles. The Bertz CT molecular complexity index is 467. The van der Waals surface area contributed by atoms with Crippen molar-refractivity contribution < 1.29 is 18.3 Å². The van der Waals surface area contributed by atoms with E-state index >= 15 is 0 Å². The molecule has 0 aromatic carbocycles. The minimum absolute atomic E-state index is 0.141. The largest absolute Gasteiger partial charge is 0.464 e. The number of nitrogens with zero attached hydrogens (tertiary/aromatic N) is 2. The molecule has 6 heteroatoms. The summed E-state index contributed by atoms with van der Waals surface area (Å²) >= 11 is 0. The minimum Gasteiger partial charge on any atom is -0.464 e. The Kier molecular flexibility index (Phi) is 3.51. The number of carbonyl (C=O) groups is 1. The van der Waals surface area contributed by atoms with E-state index in [0.29, 0.717) is 0 Å². The highest BCUT2D eigenvalue weighted by molar-refractivity contribution is 5.87. The van der Waals surface area contributed by atoms with Crippen LogP contribution in [-0.4, -0.2) is 18.1 Å². The number of rotatable bonds is 2. The number of hydrogen-bond acceptors (Lipinski definition) is 4. The maximum absolute atomic E-state index is 12.6.